The molecule has 1 fully saturated rings. The van der Waals surface area contributed by atoms with Gasteiger partial charge in [-0.05, 0) is 5.92 Å². The molecule has 0 radical (unpaired) electrons. The molecule has 1 rings (SSSR count). The first-order valence-corrected chi connectivity index (χ1v) is 4.19. The molecular formula is C6H11NO2S. The minimum atomic E-state index is -0.695. The maximum atomic E-state index is 10.9. The lowest BCUT2D eigenvalue weighted by molar-refractivity contribution is -0.121. The maximum absolute atomic E-state index is 10.9. The van der Waals surface area contributed by atoms with Crippen LogP contribution in [-0.4, -0.2) is 21.8 Å². The number of thioether (sulfide) groups is 1. The molecular weight excluding hydrogens is 150 g/mol. The van der Waals surface area contributed by atoms with Gasteiger partial charge in [0.15, 0.2) is 5.56 Å². The molecule has 0 aromatic heterocycles. The number of carbonyl (C=O) groups excluding carboxylic acids is 1. The number of amides is 1. The lowest BCUT2D eigenvalue weighted by atomic mass is 10.1. The SMILES string of the molecule is CC(C)C1SC(O)NC1=O. The Morgan fingerprint density at radius 3 is 2.50 bits per heavy atom. The quantitative estimate of drug-likeness (QED) is 0.575. The lowest BCUT2D eigenvalue weighted by Crippen LogP contribution is -2.29. The molecule has 2 atom stereocenters. The molecule has 1 aliphatic rings. The van der Waals surface area contributed by atoms with Crippen LogP contribution in [0.1, 0.15) is 13.8 Å². The second kappa shape index (κ2) is 2.80. The second-order valence-corrected chi connectivity index (χ2v) is 3.89. The Bertz CT molecular complexity index is 149. The summed E-state index contributed by atoms with van der Waals surface area (Å²) in [6.45, 7) is 3.94. The van der Waals surface area contributed by atoms with E-state index in [-0.39, 0.29) is 11.2 Å². The van der Waals surface area contributed by atoms with Crippen molar-refractivity contribution >= 4 is 17.7 Å². The molecule has 0 aromatic carbocycles. The number of hydrogen-bond acceptors (Lipinski definition) is 3. The molecule has 1 aliphatic heterocycles. The summed E-state index contributed by atoms with van der Waals surface area (Å²) < 4.78 is 0. The summed E-state index contributed by atoms with van der Waals surface area (Å²) in [6.07, 6.45) is 0. The zero-order valence-electron chi connectivity index (χ0n) is 6.00. The van der Waals surface area contributed by atoms with Gasteiger partial charge in [-0.25, -0.2) is 0 Å². The fourth-order valence-electron chi connectivity index (χ4n) is 0.898. The van der Waals surface area contributed by atoms with E-state index in [0.717, 1.165) is 0 Å². The predicted molar refractivity (Wildman–Crippen MR) is 40.4 cm³/mol. The van der Waals surface area contributed by atoms with Gasteiger partial charge in [0.1, 0.15) is 0 Å². The Morgan fingerprint density at radius 1 is 1.70 bits per heavy atom. The number of aliphatic hydroxyl groups excluding tert-OH is 1. The molecule has 58 valence electrons. The van der Waals surface area contributed by atoms with Gasteiger partial charge in [0, 0.05) is 0 Å². The van der Waals surface area contributed by atoms with Crippen LogP contribution in [0.25, 0.3) is 0 Å². The highest BCUT2D eigenvalue weighted by atomic mass is 32.2. The molecule has 4 heteroatoms. The fraction of sp³-hybridized carbons (Fsp3) is 0.833. The van der Waals surface area contributed by atoms with Gasteiger partial charge < -0.3 is 10.4 Å². The van der Waals surface area contributed by atoms with Crippen LogP contribution in [0.5, 0.6) is 0 Å². The lowest BCUT2D eigenvalue weighted by Gasteiger charge is -2.08. The van der Waals surface area contributed by atoms with E-state index < -0.39 is 5.56 Å². The van der Waals surface area contributed by atoms with E-state index in [9.17, 15) is 4.79 Å². The third kappa shape index (κ3) is 1.44. The number of aliphatic hydroxyl groups is 1. The van der Waals surface area contributed by atoms with Crippen LogP contribution in [0.2, 0.25) is 0 Å². The van der Waals surface area contributed by atoms with E-state index in [4.69, 9.17) is 5.11 Å². The van der Waals surface area contributed by atoms with E-state index in [1.54, 1.807) is 0 Å². The number of carbonyl (C=O) groups is 1. The maximum Gasteiger partial charge on any atom is 0.236 e. The van der Waals surface area contributed by atoms with Gasteiger partial charge in [-0.15, -0.1) is 0 Å². The summed E-state index contributed by atoms with van der Waals surface area (Å²) in [5, 5.41) is 11.3. The van der Waals surface area contributed by atoms with Crippen LogP contribution in [0, 0.1) is 5.92 Å². The zero-order valence-corrected chi connectivity index (χ0v) is 6.81. The summed E-state index contributed by atoms with van der Waals surface area (Å²) in [7, 11) is 0. The Labute approximate surface area is 64.2 Å². The van der Waals surface area contributed by atoms with Crippen molar-refractivity contribution in [1.29, 1.82) is 0 Å². The van der Waals surface area contributed by atoms with E-state index in [1.807, 2.05) is 13.8 Å². The molecule has 2 unspecified atom stereocenters. The first-order valence-electron chi connectivity index (χ1n) is 3.25. The molecule has 0 bridgehead atoms. The first kappa shape index (κ1) is 7.88. The van der Waals surface area contributed by atoms with E-state index in [1.165, 1.54) is 11.8 Å². The van der Waals surface area contributed by atoms with Crippen LogP contribution in [-0.2, 0) is 4.79 Å². The van der Waals surface area contributed by atoms with Crippen LogP contribution in [0.15, 0.2) is 0 Å². The summed E-state index contributed by atoms with van der Waals surface area (Å²) in [5.74, 6) is 0.245. The molecule has 2 N–H and O–H groups in total. The molecule has 0 aromatic rings. The summed E-state index contributed by atoms with van der Waals surface area (Å²) in [4.78, 5) is 10.9. The van der Waals surface area contributed by atoms with E-state index >= 15 is 0 Å². The smallest absolute Gasteiger partial charge is 0.236 e. The van der Waals surface area contributed by atoms with Crippen molar-refractivity contribution in [3.63, 3.8) is 0 Å². The number of nitrogens with one attached hydrogen (secondary N) is 1. The molecule has 1 heterocycles. The Kier molecular flexibility index (Phi) is 2.21. The minimum absolute atomic E-state index is 0.0486. The van der Waals surface area contributed by atoms with Crippen molar-refractivity contribution in [2.45, 2.75) is 24.7 Å². The first-order chi connectivity index (χ1) is 4.61. The third-order valence-electron chi connectivity index (χ3n) is 1.41. The van der Waals surface area contributed by atoms with Crippen molar-refractivity contribution in [3.05, 3.63) is 0 Å². The van der Waals surface area contributed by atoms with E-state index in [2.05, 4.69) is 5.32 Å². The highest BCUT2D eigenvalue weighted by Crippen LogP contribution is 2.27. The Balaban J connectivity index is 2.55. The van der Waals surface area contributed by atoms with Crippen molar-refractivity contribution in [3.8, 4) is 0 Å². The van der Waals surface area contributed by atoms with Crippen molar-refractivity contribution in [2.75, 3.05) is 0 Å². The van der Waals surface area contributed by atoms with Crippen molar-refractivity contribution in [2.24, 2.45) is 5.92 Å². The van der Waals surface area contributed by atoms with Gasteiger partial charge >= 0.3 is 0 Å². The van der Waals surface area contributed by atoms with Crippen LogP contribution < -0.4 is 5.32 Å². The van der Waals surface area contributed by atoms with Gasteiger partial charge in [-0.2, -0.15) is 0 Å². The average Bonchev–Trinajstić information content (AvgIpc) is 2.10. The molecule has 1 amide bonds. The highest BCUT2D eigenvalue weighted by Gasteiger charge is 2.33. The number of hydrogen-bond donors (Lipinski definition) is 2. The Morgan fingerprint density at radius 2 is 2.30 bits per heavy atom. The monoisotopic (exact) mass is 161 g/mol. The summed E-state index contributed by atoms with van der Waals surface area (Å²) in [5.41, 5.74) is -0.695. The normalized spacial score (nSPS) is 33.0. The van der Waals surface area contributed by atoms with Crippen LogP contribution in [0.4, 0.5) is 0 Å². The van der Waals surface area contributed by atoms with Gasteiger partial charge in [0.2, 0.25) is 5.91 Å². The van der Waals surface area contributed by atoms with Crippen molar-refractivity contribution in [1.82, 2.24) is 5.32 Å². The predicted octanol–water partition coefficient (Wildman–Crippen LogP) is 0.150. The highest BCUT2D eigenvalue weighted by molar-refractivity contribution is 8.01. The molecule has 0 aliphatic carbocycles. The van der Waals surface area contributed by atoms with Gasteiger partial charge in [0.25, 0.3) is 0 Å². The summed E-state index contributed by atoms with van der Waals surface area (Å²) in [6, 6.07) is 0. The fourth-order valence-corrected chi connectivity index (χ4v) is 1.87. The summed E-state index contributed by atoms with van der Waals surface area (Å²) >= 11 is 1.28. The zero-order chi connectivity index (χ0) is 7.72. The third-order valence-corrected chi connectivity index (χ3v) is 2.83. The van der Waals surface area contributed by atoms with Crippen LogP contribution in [0.3, 0.4) is 0 Å². The molecule has 1 saturated heterocycles. The largest absolute Gasteiger partial charge is 0.365 e. The van der Waals surface area contributed by atoms with Gasteiger partial charge in [0.05, 0.1) is 5.25 Å². The Hall–Kier alpha value is -0.220. The number of rotatable bonds is 1. The van der Waals surface area contributed by atoms with Crippen molar-refractivity contribution < 1.29 is 9.90 Å². The van der Waals surface area contributed by atoms with Gasteiger partial charge in [-0.3, -0.25) is 4.79 Å². The molecule has 0 saturated carbocycles. The minimum Gasteiger partial charge on any atom is -0.365 e. The second-order valence-electron chi connectivity index (χ2n) is 2.66. The topological polar surface area (TPSA) is 49.3 Å². The van der Waals surface area contributed by atoms with Crippen LogP contribution >= 0.6 is 11.8 Å². The average molecular weight is 161 g/mol. The standard InChI is InChI=1S/C6H11NO2S/c1-3(2)4-5(8)7-6(9)10-4/h3-4,6,9H,1-2H3,(H,7,8). The molecule has 3 nitrogen and oxygen atoms in total. The molecule has 10 heavy (non-hydrogen) atoms. The van der Waals surface area contributed by atoms with E-state index in [0.29, 0.717) is 5.92 Å². The van der Waals surface area contributed by atoms with Gasteiger partial charge in [-0.1, -0.05) is 25.6 Å². The molecule has 0 spiro atoms.